The molecule has 7 heteroatoms. The third kappa shape index (κ3) is 4.39. The quantitative estimate of drug-likeness (QED) is 0.814. The Hall–Kier alpha value is -3.50. The zero-order chi connectivity index (χ0) is 21.7. The molecule has 0 atom stereocenters. The molecule has 1 aromatic carbocycles. The maximum absolute atomic E-state index is 12.2. The van der Waals surface area contributed by atoms with Gasteiger partial charge in [-0.15, -0.1) is 5.10 Å². The molecule has 1 aromatic heterocycles. The molecular formula is C23H25N5O2. The predicted molar refractivity (Wildman–Crippen MR) is 116 cm³/mol. The van der Waals surface area contributed by atoms with Crippen molar-refractivity contribution in [3.05, 3.63) is 63.3 Å². The zero-order valence-corrected chi connectivity index (χ0v) is 17.5. The van der Waals surface area contributed by atoms with Crippen LogP contribution in [0.2, 0.25) is 0 Å². The molecule has 1 aliphatic heterocycles. The van der Waals surface area contributed by atoms with Crippen LogP contribution in [0.15, 0.2) is 30.5 Å². The lowest BCUT2D eigenvalue weighted by Crippen LogP contribution is -2.41. The van der Waals surface area contributed by atoms with Gasteiger partial charge >= 0.3 is 0 Å². The number of ether oxygens (including phenoxy) is 1. The van der Waals surface area contributed by atoms with Gasteiger partial charge in [0, 0.05) is 29.2 Å². The second-order valence-corrected chi connectivity index (χ2v) is 7.04. The predicted octanol–water partition coefficient (Wildman–Crippen LogP) is 1.53. The van der Waals surface area contributed by atoms with E-state index >= 15 is 0 Å². The summed E-state index contributed by atoms with van der Waals surface area (Å²) in [6.45, 7) is 11.4. The number of hydrogen-bond acceptors (Lipinski definition) is 6. The van der Waals surface area contributed by atoms with Gasteiger partial charge in [0.25, 0.3) is 5.91 Å². The summed E-state index contributed by atoms with van der Waals surface area (Å²) in [5.41, 5.74) is 3.97. The van der Waals surface area contributed by atoms with Crippen LogP contribution in [0.1, 0.15) is 29.3 Å². The lowest BCUT2D eigenvalue weighted by Gasteiger charge is -2.27. The van der Waals surface area contributed by atoms with Crippen molar-refractivity contribution in [2.75, 3.05) is 25.1 Å². The van der Waals surface area contributed by atoms with E-state index in [0.29, 0.717) is 36.8 Å². The summed E-state index contributed by atoms with van der Waals surface area (Å²) < 4.78 is 5.21. The number of nitrogens with one attached hydrogen (secondary N) is 1. The summed E-state index contributed by atoms with van der Waals surface area (Å²) >= 11 is 0. The second kappa shape index (κ2) is 9.33. The van der Waals surface area contributed by atoms with Gasteiger partial charge in [0.2, 0.25) is 0 Å². The number of carbonyl (C=O) groups is 1. The molecule has 1 N–H and O–H groups in total. The van der Waals surface area contributed by atoms with Crippen molar-refractivity contribution in [1.82, 2.24) is 15.1 Å². The average Bonchev–Trinajstić information content (AvgIpc) is 2.74. The van der Waals surface area contributed by atoms with Gasteiger partial charge in [-0.3, -0.25) is 4.79 Å². The van der Waals surface area contributed by atoms with E-state index in [1.54, 1.807) is 11.0 Å². The normalized spacial score (nSPS) is 15.3. The molecule has 1 amide bonds. The third-order valence-electron chi connectivity index (χ3n) is 5.18. The fourth-order valence-corrected chi connectivity index (χ4v) is 3.44. The number of benzene rings is 1. The van der Waals surface area contributed by atoms with Crippen LogP contribution in [0.25, 0.3) is 12.2 Å². The molecule has 154 valence electrons. The number of rotatable bonds is 5. The molecule has 0 saturated carbocycles. The highest BCUT2D eigenvalue weighted by molar-refractivity contribution is 5.81. The van der Waals surface area contributed by atoms with Gasteiger partial charge in [0.1, 0.15) is 6.61 Å². The molecule has 1 aliphatic rings. The first-order valence-corrected chi connectivity index (χ1v) is 9.77. The fraction of sp³-hybridized carbons (Fsp3) is 0.304. The Balaban J connectivity index is 1.99. The van der Waals surface area contributed by atoms with E-state index in [1.165, 1.54) is 0 Å². The minimum Gasteiger partial charge on any atom is -0.370 e. The molecule has 0 bridgehead atoms. The number of anilines is 1. The van der Waals surface area contributed by atoms with Crippen LogP contribution in [-0.2, 0) is 16.1 Å². The molecule has 30 heavy (non-hydrogen) atoms. The number of nitrogens with zero attached hydrogens (tertiary/aromatic N) is 4. The Morgan fingerprint density at radius 2 is 2.17 bits per heavy atom. The number of aromatic nitrogens is 2. The van der Waals surface area contributed by atoms with Gasteiger partial charge in [-0.25, -0.2) is 0 Å². The molecule has 2 aromatic rings. The Bertz CT molecular complexity index is 1150. The Kier molecular flexibility index (Phi) is 6.60. The van der Waals surface area contributed by atoms with Gasteiger partial charge < -0.3 is 15.0 Å². The number of morpholine rings is 1. The summed E-state index contributed by atoms with van der Waals surface area (Å²) in [5, 5.41) is 23.0. The van der Waals surface area contributed by atoms with Gasteiger partial charge in [-0.2, -0.15) is 10.4 Å². The number of carbonyl (C=O) groups excluding carboxylic acids is 1. The molecule has 2 heterocycles. The molecule has 1 saturated heterocycles. The lowest BCUT2D eigenvalue weighted by molar-refractivity contribution is -0.139. The van der Waals surface area contributed by atoms with E-state index in [2.05, 4.69) is 28.2 Å². The highest BCUT2D eigenvalue weighted by Crippen LogP contribution is 2.14. The van der Waals surface area contributed by atoms with E-state index < -0.39 is 0 Å². The Labute approximate surface area is 176 Å². The van der Waals surface area contributed by atoms with Crippen LogP contribution >= 0.6 is 0 Å². The van der Waals surface area contributed by atoms with Crippen molar-refractivity contribution in [1.29, 1.82) is 5.26 Å². The molecule has 1 fully saturated rings. The number of nitriles is 1. The van der Waals surface area contributed by atoms with Crippen molar-refractivity contribution in [2.24, 2.45) is 0 Å². The maximum Gasteiger partial charge on any atom is 0.253 e. The van der Waals surface area contributed by atoms with Crippen LogP contribution in [0.4, 0.5) is 5.82 Å². The molecule has 3 rings (SSSR count). The molecule has 0 radical (unpaired) electrons. The molecular weight excluding hydrogens is 378 g/mol. The monoisotopic (exact) mass is 403 g/mol. The van der Waals surface area contributed by atoms with E-state index in [4.69, 9.17) is 4.74 Å². The van der Waals surface area contributed by atoms with Crippen molar-refractivity contribution in [3.63, 3.8) is 0 Å². The fourth-order valence-electron chi connectivity index (χ4n) is 3.44. The molecule has 7 nitrogen and oxygen atoms in total. The van der Waals surface area contributed by atoms with Crippen molar-refractivity contribution in [2.45, 2.75) is 27.3 Å². The van der Waals surface area contributed by atoms with Crippen LogP contribution in [0.3, 0.4) is 0 Å². The van der Waals surface area contributed by atoms with Gasteiger partial charge in [0.15, 0.2) is 5.82 Å². The topological polar surface area (TPSA) is 91.1 Å². The summed E-state index contributed by atoms with van der Waals surface area (Å²) in [5.74, 6) is 0.485. The van der Waals surface area contributed by atoms with Gasteiger partial charge in [-0.05, 0) is 44.0 Å². The molecule has 0 aliphatic carbocycles. The van der Waals surface area contributed by atoms with Crippen molar-refractivity contribution < 1.29 is 9.53 Å². The summed E-state index contributed by atoms with van der Waals surface area (Å²) in [7, 11) is 0. The number of allylic oxidation sites excluding steroid dienone is 1. The minimum atomic E-state index is -0.110. The summed E-state index contributed by atoms with van der Waals surface area (Å²) in [4.78, 5) is 13.8. The first-order valence-electron chi connectivity index (χ1n) is 9.77. The standard InChI is InChI=1S/C23H25N5O2/c1-5-20-17(4)26-27-23(25-13-19-8-6-7-18(12-24)16(19)3)21(20)11-15(2)28-9-10-30-14-22(28)29/h5-8,11H,2,9-10,13-14H2,1,3-4H3,(H,25,27)/b20-5-,21-11+. The van der Waals surface area contributed by atoms with Crippen LogP contribution in [-0.4, -0.2) is 40.8 Å². The van der Waals surface area contributed by atoms with Crippen molar-refractivity contribution >= 4 is 23.9 Å². The van der Waals surface area contributed by atoms with Crippen LogP contribution in [0.5, 0.6) is 0 Å². The lowest BCUT2D eigenvalue weighted by atomic mass is 10.0. The van der Waals surface area contributed by atoms with Crippen LogP contribution < -0.4 is 15.8 Å². The molecule has 0 spiro atoms. The Morgan fingerprint density at radius 3 is 2.87 bits per heavy atom. The Morgan fingerprint density at radius 1 is 1.37 bits per heavy atom. The van der Waals surface area contributed by atoms with Crippen molar-refractivity contribution in [3.8, 4) is 6.07 Å². The highest BCUT2D eigenvalue weighted by Gasteiger charge is 2.20. The first kappa shape index (κ1) is 21.2. The minimum absolute atomic E-state index is 0.0624. The SMILES string of the molecule is C=C(/C=c1/c(NCc2cccc(C#N)c2C)nnc(C)/c1=C/C)N1CCOCC1=O. The van der Waals surface area contributed by atoms with E-state index in [-0.39, 0.29) is 12.5 Å². The van der Waals surface area contributed by atoms with Crippen LogP contribution in [0, 0.1) is 25.2 Å². The first-order chi connectivity index (χ1) is 14.5. The largest absolute Gasteiger partial charge is 0.370 e. The van der Waals surface area contributed by atoms with E-state index in [9.17, 15) is 10.1 Å². The maximum atomic E-state index is 12.2. The number of amides is 1. The zero-order valence-electron chi connectivity index (χ0n) is 17.5. The third-order valence-corrected chi connectivity index (χ3v) is 5.18. The number of aryl methyl sites for hydroxylation is 1. The summed E-state index contributed by atoms with van der Waals surface area (Å²) in [6, 6.07) is 7.86. The smallest absolute Gasteiger partial charge is 0.253 e. The average molecular weight is 403 g/mol. The van der Waals surface area contributed by atoms with E-state index in [1.807, 2.05) is 45.1 Å². The summed E-state index contributed by atoms with van der Waals surface area (Å²) in [6.07, 6.45) is 3.83. The van der Waals surface area contributed by atoms with Gasteiger partial charge in [0.05, 0.1) is 23.9 Å². The highest BCUT2D eigenvalue weighted by atomic mass is 16.5. The van der Waals surface area contributed by atoms with E-state index in [0.717, 1.165) is 27.3 Å². The molecule has 0 unspecified atom stereocenters. The second-order valence-electron chi connectivity index (χ2n) is 7.04. The van der Waals surface area contributed by atoms with Gasteiger partial charge in [-0.1, -0.05) is 24.8 Å². The number of hydrogen-bond donors (Lipinski definition) is 1.